The number of halogens is 3. The molecule has 0 saturated carbocycles. The molecule has 1 heterocycles. The van der Waals surface area contributed by atoms with Gasteiger partial charge in [-0.15, -0.1) is 24.0 Å². The Labute approximate surface area is 197 Å². The van der Waals surface area contributed by atoms with E-state index in [1.54, 1.807) is 19.2 Å². The van der Waals surface area contributed by atoms with Gasteiger partial charge in [-0.1, -0.05) is 24.3 Å². The number of alkyl halides is 2. The van der Waals surface area contributed by atoms with Gasteiger partial charge in [0, 0.05) is 37.2 Å². The number of H-pyrrole nitrogens is 1. The van der Waals surface area contributed by atoms with E-state index >= 15 is 0 Å². The minimum absolute atomic E-state index is 0. The summed E-state index contributed by atoms with van der Waals surface area (Å²) in [5.74, 6) is 1.00. The predicted molar refractivity (Wildman–Crippen MR) is 130 cm³/mol. The second kappa shape index (κ2) is 12.3. The average molecular weight is 544 g/mol. The number of nitrogens with one attached hydrogen (secondary N) is 3. The van der Waals surface area contributed by atoms with Crippen LogP contribution in [0.5, 0.6) is 11.5 Å². The number of aliphatic imine (C=N–C) groups is 1. The molecule has 0 radical (unpaired) electrons. The van der Waals surface area contributed by atoms with Crippen molar-refractivity contribution in [2.75, 3.05) is 27.2 Å². The van der Waals surface area contributed by atoms with Crippen LogP contribution < -0.4 is 20.1 Å². The summed E-state index contributed by atoms with van der Waals surface area (Å²) in [4.78, 5) is 7.50. The molecular weight excluding hydrogens is 517 g/mol. The zero-order chi connectivity index (χ0) is 21.3. The van der Waals surface area contributed by atoms with Gasteiger partial charge >= 0.3 is 6.61 Å². The Morgan fingerprint density at radius 1 is 1.06 bits per heavy atom. The third-order valence-corrected chi connectivity index (χ3v) is 4.74. The van der Waals surface area contributed by atoms with E-state index in [-0.39, 0.29) is 35.5 Å². The number of hydrogen-bond donors (Lipinski definition) is 3. The smallest absolute Gasteiger partial charge is 0.387 e. The zero-order valence-electron chi connectivity index (χ0n) is 17.5. The quantitative estimate of drug-likeness (QED) is 0.213. The van der Waals surface area contributed by atoms with E-state index in [1.807, 2.05) is 24.4 Å². The normalized spacial score (nSPS) is 11.3. The van der Waals surface area contributed by atoms with Crippen LogP contribution >= 0.6 is 24.0 Å². The first-order valence-corrected chi connectivity index (χ1v) is 9.72. The maximum absolute atomic E-state index is 12.6. The summed E-state index contributed by atoms with van der Waals surface area (Å²) in [6, 6.07) is 13.2. The molecule has 0 aliphatic carbocycles. The summed E-state index contributed by atoms with van der Waals surface area (Å²) in [6.07, 6.45) is 3.51. The van der Waals surface area contributed by atoms with Crippen LogP contribution in [0.1, 0.15) is 11.1 Å². The Kier molecular flexibility index (Phi) is 9.83. The first-order chi connectivity index (χ1) is 14.6. The number of nitrogens with zero attached hydrogens (tertiary/aromatic N) is 1. The number of methoxy groups -OCH3 is 1. The van der Waals surface area contributed by atoms with E-state index in [1.165, 1.54) is 18.1 Å². The number of fused-ring (bicyclic) bond motifs is 1. The van der Waals surface area contributed by atoms with Crippen molar-refractivity contribution in [3.05, 3.63) is 59.8 Å². The van der Waals surface area contributed by atoms with Gasteiger partial charge in [0.1, 0.15) is 0 Å². The summed E-state index contributed by atoms with van der Waals surface area (Å²) in [5, 5.41) is 7.76. The fraction of sp³-hybridized carbons (Fsp3) is 0.318. The molecule has 6 nitrogen and oxygen atoms in total. The Morgan fingerprint density at radius 2 is 1.81 bits per heavy atom. The van der Waals surface area contributed by atoms with Crippen molar-refractivity contribution in [1.82, 2.24) is 15.6 Å². The number of hydrogen-bond acceptors (Lipinski definition) is 3. The molecule has 0 unspecified atom stereocenters. The highest BCUT2D eigenvalue weighted by molar-refractivity contribution is 14.0. The van der Waals surface area contributed by atoms with Gasteiger partial charge in [-0.25, -0.2) is 0 Å². The van der Waals surface area contributed by atoms with Crippen molar-refractivity contribution < 1.29 is 18.3 Å². The highest BCUT2D eigenvalue weighted by atomic mass is 127. The fourth-order valence-electron chi connectivity index (χ4n) is 3.26. The standard InChI is InChI=1S/C22H26F2N4O2.HI/c1-25-22(27-12-10-16-14-28-18-6-4-3-5-17(16)18)26-11-9-15-7-8-19(29-2)20(13-15)30-21(23)24;/h3-8,13-14,21,28H,9-12H2,1-2H3,(H2,25,26,27);1H. The minimum Gasteiger partial charge on any atom is -0.493 e. The average Bonchev–Trinajstić information content (AvgIpc) is 3.15. The Morgan fingerprint density at radius 3 is 2.52 bits per heavy atom. The van der Waals surface area contributed by atoms with Crippen LogP contribution in [0.25, 0.3) is 10.9 Å². The third kappa shape index (κ3) is 6.98. The van der Waals surface area contributed by atoms with E-state index in [0.717, 1.165) is 24.0 Å². The molecule has 31 heavy (non-hydrogen) atoms. The Hall–Kier alpha value is -2.56. The van der Waals surface area contributed by atoms with Crippen molar-refractivity contribution in [2.45, 2.75) is 19.5 Å². The Bertz CT molecular complexity index is 995. The molecule has 9 heteroatoms. The number of ether oxygens (including phenoxy) is 2. The minimum atomic E-state index is -2.90. The third-order valence-electron chi connectivity index (χ3n) is 4.74. The number of rotatable bonds is 9. The zero-order valence-corrected chi connectivity index (χ0v) is 19.8. The molecule has 0 bridgehead atoms. The predicted octanol–water partition coefficient (Wildman–Crippen LogP) is 4.35. The summed E-state index contributed by atoms with van der Waals surface area (Å²) in [6.45, 7) is -1.57. The molecule has 168 valence electrons. The van der Waals surface area contributed by atoms with Gasteiger partial charge in [-0.05, 0) is 42.2 Å². The maximum atomic E-state index is 12.6. The fourth-order valence-corrected chi connectivity index (χ4v) is 3.26. The first-order valence-electron chi connectivity index (χ1n) is 9.72. The van der Waals surface area contributed by atoms with Crippen LogP contribution in [-0.4, -0.2) is 44.8 Å². The van der Waals surface area contributed by atoms with Crippen molar-refractivity contribution in [2.24, 2.45) is 4.99 Å². The molecule has 3 N–H and O–H groups in total. The van der Waals surface area contributed by atoms with Gasteiger partial charge in [-0.3, -0.25) is 4.99 Å². The molecule has 2 aromatic carbocycles. The molecule has 0 fully saturated rings. The van der Waals surface area contributed by atoms with Gasteiger partial charge in [-0.2, -0.15) is 8.78 Å². The number of benzene rings is 2. The lowest BCUT2D eigenvalue weighted by Gasteiger charge is -2.13. The van der Waals surface area contributed by atoms with Crippen molar-refractivity contribution in [3.8, 4) is 11.5 Å². The molecule has 0 atom stereocenters. The van der Waals surface area contributed by atoms with Crippen LogP contribution in [0.2, 0.25) is 0 Å². The molecule has 0 aliphatic rings. The molecule has 0 spiro atoms. The Balaban J connectivity index is 0.00000341. The number of aromatic amines is 1. The van der Waals surface area contributed by atoms with E-state index in [9.17, 15) is 8.78 Å². The monoisotopic (exact) mass is 544 g/mol. The maximum Gasteiger partial charge on any atom is 0.387 e. The number of guanidine groups is 1. The molecule has 0 aliphatic heterocycles. The van der Waals surface area contributed by atoms with Crippen LogP contribution in [0.3, 0.4) is 0 Å². The topological polar surface area (TPSA) is 70.7 Å². The lowest BCUT2D eigenvalue weighted by Crippen LogP contribution is -2.39. The molecule has 1 aromatic heterocycles. The van der Waals surface area contributed by atoms with Crippen molar-refractivity contribution in [3.63, 3.8) is 0 Å². The van der Waals surface area contributed by atoms with Gasteiger partial charge in [0.15, 0.2) is 17.5 Å². The largest absolute Gasteiger partial charge is 0.493 e. The summed E-state index contributed by atoms with van der Waals surface area (Å²) in [7, 11) is 3.13. The van der Waals surface area contributed by atoms with E-state index in [2.05, 4.69) is 37.5 Å². The second-order valence-corrected chi connectivity index (χ2v) is 6.65. The van der Waals surface area contributed by atoms with Crippen molar-refractivity contribution >= 4 is 40.8 Å². The first kappa shape index (κ1) is 24.7. The summed E-state index contributed by atoms with van der Waals surface area (Å²) >= 11 is 0. The lowest BCUT2D eigenvalue weighted by molar-refractivity contribution is -0.0512. The van der Waals surface area contributed by atoms with Crippen LogP contribution in [0.4, 0.5) is 8.78 Å². The van der Waals surface area contributed by atoms with E-state index in [4.69, 9.17) is 4.74 Å². The number of para-hydroxylation sites is 1. The lowest BCUT2D eigenvalue weighted by atomic mass is 10.1. The number of aromatic nitrogens is 1. The SMILES string of the molecule is CN=C(NCCc1ccc(OC)c(OC(F)F)c1)NCCc1c[nH]c2ccccc12.I. The van der Waals surface area contributed by atoms with Crippen LogP contribution in [0.15, 0.2) is 53.7 Å². The van der Waals surface area contributed by atoms with Crippen molar-refractivity contribution in [1.29, 1.82) is 0 Å². The van der Waals surface area contributed by atoms with Gasteiger partial charge in [0.25, 0.3) is 0 Å². The molecule has 0 saturated heterocycles. The van der Waals surface area contributed by atoms with Crippen LogP contribution in [-0.2, 0) is 12.8 Å². The second-order valence-electron chi connectivity index (χ2n) is 6.65. The summed E-state index contributed by atoms with van der Waals surface area (Å²) < 4.78 is 34.7. The van der Waals surface area contributed by atoms with E-state index < -0.39 is 6.61 Å². The molecule has 3 rings (SSSR count). The van der Waals surface area contributed by atoms with Gasteiger partial charge in [0.2, 0.25) is 0 Å². The highest BCUT2D eigenvalue weighted by Gasteiger charge is 2.11. The molecular formula is C22H27F2IN4O2. The summed E-state index contributed by atoms with van der Waals surface area (Å²) in [5.41, 5.74) is 3.23. The van der Waals surface area contributed by atoms with Gasteiger partial charge in [0.05, 0.1) is 7.11 Å². The molecule has 3 aromatic rings. The highest BCUT2D eigenvalue weighted by Crippen LogP contribution is 2.29. The van der Waals surface area contributed by atoms with E-state index in [0.29, 0.717) is 18.9 Å². The van der Waals surface area contributed by atoms with Crippen LogP contribution in [0, 0.1) is 0 Å². The van der Waals surface area contributed by atoms with Gasteiger partial charge < -0.3 is 25.1 Å². The molecule has 0 amide bonds.